The van der Waals surface area contributed by atoms with Crippen LogP contribution in [0.5, 0.6) is 0 Å². The first kappa shape index (κ1) is 16.1. The van der Waals surface area contributed by atoms with Crippen molar-refractivity contribution >= 4 is 17.5 Å². The number of hydrogen-bond acceptors (Lipinski definition) is 3. The van der Waals surface area contributed by atoms with Gasteiger partial charge in [-0.25, -0.2) is 4.39 Å². The summed E-state index contributed by atoms with van der Waals surface area (Å²) in [7, 11) is 1.45. The van der Waals surface area contributed by atoms with Crippen LogP contribution in [-0.2, 0) is 9.59 Å². The number of nitrogens with one attached hydrogen (secondary N) is 1. The fraction of sp³-hybridized carbons (Fsp3) is 0.429. The molecular formula is C14H19FN2O3. The van der Waals surface area contributed by atoms with Crippen LogP contribution in [0.3, 0.4) is 0 Å². The maximum Gasteiger partial charge on any atom is 0.313 e. The highest BCUT2D eigenvalue weighted by molar-refractivity contribution is 6.39. The van der Waals surface area contributed by atoms with Gasteiger partial charge < -0.3 is 15.3 Å². The third kappa shape index (κ3) is 4.62. The normalized spacial score (nSPS) is 11.8. The van der Waals surface area contributed by atoms with Crippen molar-refractivity contribution < 1.29 is 19.1 Å². The van der Waals surface area contributed by atoms with Gasteiger partial charge >= 0.3 is 11.8 Å². The van der Waals surface area contributed by atoms with Gasteiger partial charge in [0.05, 0.1) is 11.8 Å². The molecule has 0 saturated heterocycles. The zero-order valence-electron chi connectivity index (χ0n) is 11.8. The zero-order chi connectivity index (χ0) is 15.3. The highest BCUT2D eigenvalue weighted by Gasteiger charge is 2.20. The molecule has 1 atom stereocenters. The number of carbonyl (C=O) groups excluding carboxylic acids is 2. The largest absolute Gasteiger partial charge is 0.393 e. The molecule has 2 N–H and O–H groups in total. The third-order valence-electron chi connectivity index (χ3n) is 2.80. The van der Waals surface area contributed by atoms with E-state index in [2.05, 4.69) is 5.32 Å². The lowest BCUT2D eigenvalue weighted by Gasteiger charge is -2.17. The predicted octanol–water partition coefficient (Wildman–Crippen LogP) is 1.30. The average Bonchev–Trinajstić information content (AvgIpc) is 2.38. The Labute approximate surface area is 117 Å². The zero-order valence-corrected chi connectivity index (χ0v) is 11.8. The molecule has 0 fully saturated rings. The van der Waals surface area contributed by atoms with Gasteiger partial charge in [-0.15, -0.1) is 0 Å². The SMILES string of the molecule is Cc1ccc(NC(=O)C(=O)N(C)CCC(C)O)c(F)c1. The van der Waals surface area contributed by atoms with E-state index in [-0.39, 0.29) is 12.2 Å². The summed E-state index contributed by atoms with van der Waals surface area (Å²) in [5.74, 6) is -2.26. The molecule has 0 aliphatic carbocycles. The number of amides is 2. The Morgan fingerprint density at radius 1 is 1.45 bits per heavy atom. The Bertz CT molecular complexity index is 503. The second kappa shape index (κ2) is 7.00. The van der Waals surface area contributed by atoms with Gasteiger partial charge in [0.2, 0.25) is 0 Å². The topological polar surface area (TPSA) is 69.6 Å². The first-order valence-electron chi connectivity index (χ1n) is 6.32. The van der Waals surface area contributed by atoms with Gasteiger partial charge in [0, 0.05) is 13.6 Å². The molecule has 0 bridgehead atoms. The van der Waals surface area contributed by atoms with E-state index in [0.717, 1.165) is 5.56 Å². The minimum Gasteiger partial charge on any atom is -0.393 e. The first-order valence-corrected chi connectivity index (χ1v) is 6.32. The third-order valence-corrected chi connectivity index (χ3v) is 2.80. The molecule has 2 amide bonds. The van der Waals surface area contributed by atoms with E-state index >= 15 is 0 Å². The number of likely N-dealkylation sites (N-methyl/N-ethyl adjacent to an activating group) is 1. The van der Waals surface area contributed by atoms with Crippen molar-refractivity contribution in [2.75, 3.05) is 18.9 Å². The predicted molar refractivity (Wildman–Crippen MR) is 73.7 cm³/mol. The number of aliphatic hydroxyl groups is 1. The van der Waals surface area contributed by atoms with Gasteiger partial charge in [0.25, 0.3) is 0 Å². The molecule has 0 spiro atoms. The van der Waals surface area contributed by atoms with E-state index in [1.165, 1.54) is 24.1 Å². The van der Waals surface area contributed by atoms with Crippen LogP contribution in [0.4, 0.5) is 10.1 Å². The number of nitrogens with zero attached hydrogens (tertiary/aromatic N) is 1. The van der Waals surface area contributed by atoms with Crippen LogP contribution < -0.4 is 5.32 Å². The molecule has 1 unspecified atom stereocenters. The lowest BCUT2D eigenvalue weighted by Crippen LogP contribution is -2.38. The number of halogens is 1. The van der Waals surface area contributed by atoms with E-state index in [4.69, 9.17) is 5.11 Å². The smallest absolute Gasteiger partial charge is 0.313 e. The Morgan fingerprint density at radius 2 is 2.10 bits per heavy atom. The summed E-state index contributed by atoms with van der Waals surface area (Å²) in [6, 6.07) is 4.32. The Kier molecular flexibility index (Phi) is 5.64. The van der Waals surface area contributed by atoms with Crippen molar-refractivity contribution in [2.24, 2.45) is 0 Å². The van der Waals surface area contributed by atoms with Crippen molar-refractivity contribution in [1.82, 2.24) is 4.90 Å². The lowest BCUT2D eigenvalue weighted by atomic mass is 10.2. The van der Waals surface area contributed by atoms with Gasteiger partial charge in [-0.2, -0.15) is 0 Å². The Balaban J connectivity index is 2.63. The molecule has 1 aromatic rings. The molecule has 0 radical (unpaired) electrons. The molecule has 110 valence electrons. The molecule has 0 aromatic heterocycles. The molecule has 0 heterocycles. The van der Waals surface area contributed by atoms with E-state index < -0.39 is 23.7 Å². The van der Waals surface area contributed by atoms with Crippen LogP contribution >= 0.6 is 0 Å². The number of benzene rings is 1. The lowest BCUT2D eigenvalue weighted by molar-refractivity contribution is -0.142. The standard InChI is InChI=1S/C14H19FN2O3/c1-9-4-5-12(11(15)8-9)16-13(19)14(20)17(3)7-6-10(2)18/h4-5,8,10,18H,6-7H2,1-3H3,(H,16,19). The van der Waals surface area contributed by atoms with Crippen LogP contribution in [0.25, 0.3) is 0 Å². The molecule has 1 rings (SSSR count). The van der Waals surface area contributed by atoms with Gasteiger partial charge in [-0.05, 0) is 38.0 Å². The van der Waals surface area contributed by atoms with E-state index in [1.807, 2.05) is 0 Å². The summed E-state index contributed by atoms with van der Waals surface area (Å²) in [5, 5.41) is 11.4. The van der Waals surface area contributed by atoms with Crippen LogP contribution in [0.2, 0.25) is 0 Å². The average molecular weight is 282 g/mol. The highest BCUT2D eigenvalue weighted by atomic mass is 19.1. The number of aryl methyl sites for hydroxylation is 1. The van der Waals surface area contributed by atoms with Gasteiger partial charge in [-0.3, -0.25) is 9.59 Å². The van der Waals surface area contributed by atoms with Gasteiger partial charge in [0.15, 0.2) is 0 Å². The first-order chi connectivity index (χ1) is 9.31. The number of aliphatic hydroxyl groups excluding tert-OH is 1. The molecule has 1 aromatic carbocycles. The molecule has 5 nitrogen and oxygen atoms in total. The quantitative estimate of drug-likeness (QED) is 0.818. The number of carbonyl (C=O) groups is 2. The molecule has 0 saturated carbocycles. The molecular weight excluding hydrogens is 263 g/mol. The van der Waals surface area contributed by atoms with Gasteiger partial charge in [-0.1, -0.05) is 6.07 Å². The summed E-state index contributed by atoms with van der Waals surface area (Å²) in [4.78, 5) is 24.6. The van der Waals surface area contributed by atoms with E-state index in [9.17, 15) is 14.0 Å². The van der Waals surface area contributed by atoms with Gasteiger partial charge in [0.1, 0.15) is 5.82 Å². The summed E-state index contributed by atoms with van der Waals surface area (Å²) in [6.07, 6.45) is -0.183. The summed E-state index contributed by atoms with van der Waals surface area (Å²) >= 11 is 0. The van der Waals surface area contributed by atoms with E-state index in [1.54, 1.807) is 19.9 Å². The Morgan fingerprint density at radius 3 is 2.65 bits per heavy atom. The van der Waals surface area contributed by atoms with Crippen molar-refractivity contribution in [1.29, 1.82) is 0 Å². The van der Waals surface area contributed by atoms with Crippen LogP contribution in [0, 0.1) is 12.7 Å². The fourth-order valence-electron chi connectivity index (χ4n) is 1.55. The second-order valence-corrected chi connectivity index (χ2v) is 4.80. The molecule has 0 aliphatic rings. The summed E-state index contributed by atoms with van der Waals surface area (Å²) in [6.45, 7) is 3.57. The Hall–Kier alpha value is -1.95. The van der Waals surface area contributed by atoms with Crippen molar-refractivity contribution in [2.45, 2.75) is 26.4 Å². The van der Waals surface area contributed by atoms with Crippen LogP contribution in [0.1, 0.15) is 18.9 Å². The second-order valence-electron chi connectivity index (χ2n) is 4.80. The molecule has 6 heteroatoms. The van der Waals surface area contributed by atoms with Crippen molar-refractivity contribution in [3.05, 3.63) is 29.6 Å². The minimum absolute atomic E-state index is 0.0297. The number of hydrogen-bond donors (Lipinski definition) is 2. The maximum atomic E-state index is 13.6. The fourth-order valence-corrected chi connectivity index (χ4v) is 1.55. The number of anilines is 1. The van der Waals surface area contributed by atoms with Crippen LogP contribution in [0.15, 0.2) is 18.2 Å². The highest BCUT2D eigenvalue weighted by Crippen LogP contribution is 2.15. The van der Waals surface area contributed by atoms with Crippen molar-refractivity contribution in [3.8, 4) is 0 Å². The summed E-state index contributed by atoms with van der Waals surface area (Å²) < 4.78 is 13.6. The minimum atomic E-state index is -0.902. The molecule has 0 aliphatic heterocycles. The monoisotopic (exact) mass is 282 g/mol. The molecule has 20 heavy (non-hydrogen) atoms. The summed E-state index contributed by atoms with van der Waals surface area (Å²) in [5.41, 5.74) is 0.693. The van der Waals surface area contributed by atoms with E-state index in [0.29, 0.717) is 6.42 Å². The maximum absolute atomic E-state index is 13.6. The van der Waals surface area contributed by atoms with Crippen molar-refractivity contribution in [3.63, 3.8) is 0 Å². The van der Waals surface area contributed by atoms with Crippen LogP contribution in [-0.4, -0.2) is 41.5 Å². The number of rotatable bonds is 4.